The maximum absolute atomic E-state index is 12.2. The first-order valence-electron chi connectivity index (χ1n) is 10.4. The molecule has 0 aliphatic carbocycles. The number of carbonyl (C=O) groups is 1. The van der Waals surface area contributed by atoms with Gasteiger partial charge in [-0.3, -0.25) is 10.1 Å². The predicted octanol–water partition coefficient (Wildman–Crippen LogP) is 4.76. The lowest BCUT2D eigenvalue weighted by Crippen LogP contribution is -2.33. The van der Waals surface area contributed by atoms with Crippen LogP contribution >= 0.6 is 23.6 Å². The lowest BCUT2D eigenvalue weighted by atomic mass is 10.2. The summed E-state index contributed by atoms with van der Waals surface area (Å²) in [4.78, 5) is 16.7. The van der Waals surface area contributed by atoms with E-state index in [0.29, 0.717) is 4.88 Å². The van der Waals surface area contributed by atoms with Crippen LogP contribution in [0.3, 0.4) is 0 Å². The first-order valence-corrected chi connectivity index (χ1v) is 11.7. The number of nitrogens with one attached hydrogen (secondary N) is 2. The van der Waals surface area contributed by atoms with Crippen LogP contribution in [0, 0.1) is 6.92 Å². The van der Waals surface area contributed by atoms with Gasteiger partial charge in [0.05, 0.1) is 10.6 Å². The number of amides is 1. The van der Waals surface area contributed by atoms with Gasteiger partial charge in [-0.05, 0) is 86.4 Å². The zero-order chi connectivity index (χ0) is 22.7. The van der Waals surface area contributed by atoms with Crippen LogP contribution in [0.2, 0.25) is 0 Å². The van der Waals surface area contributed by atoms with Crippen molar-refractivity contribution in [3.05, 3.63) is 64.4 Å². The molecule has 0 saturated carbocycles. The fraction of sp³-hybridized carbons (Fsp3) is 0.217. The Bertz CT molecular complexity index is 1240. The molecule has 32 heavy (non-hydrogen) atoms. The Kier molecular flexibility index (Phi) is 6.48. The zero-order valence-electron chi connectivity index (χ0n) is 18.1. The van der Waals surface area contributed by atoms with Gasteiger partial charge in [-0.15, -0.1) is 21.5 Å². The molecule has 1 amide bonds. The normalized spacial score (nSPS) is 10.8. The van der Waals surface area contributed by atoms with Gasteiger partial charge in [-0.25, -0.2) is 0 Å². The predicted molar refractivity (Wildman–Crippen MR) is 135 cm³/mol. The van der Waals surface area contributed by atoms with Crippen molar-refractivity contribution < 1.29 is 4.79 Å². The average Bonchev–Trinajstić information content (AvgIpc) is 3.45. The molecule has 0 aliphatic heterocycles. The highest BCUT2D eigenvalue weighted by Crippen LogP contribution is 2.23. The molecule has 2 N–H and O–H groups in total. The van der Waals surface area contributed by atoms with Crippen molar-refractivity contribution in [3.8, 4) is 5.69 Å². The SMILES string of the molecule is CCN(CC)c1ccc(-n2nc3cc(C)c(NC(=S)NC(=O)c4cccs4)cc3n2)cc1. The van der Waals surface area contributed by atoms with Crippen molar-refractivity contribution in [1.29, 1.82) is 0 Å². The molecule has 0 spiro atoms. The van der Waals surface area contributed by atoms with Gasteiger partial charge in [-0.2, -0.15) is 4.80 Å². The Morgan fingerprint density at radius 2 is 1.78 bits per heavy atom. The third-order valence-electron chi connectivity index (χ3n) is 5.16. The minimum atomic E-state index is -0.227. The molecule has 0 radical (unpaired) electrons. The molecule has 9 heteroatoms. The first-order chi connectivity index (χ1) is 15.5. The standard InChI is InChI=1S/C23H24N6OS2/c1-4-28(5-2)16-8-10-17(11-9-16)29-26-19-13-15(3)18(14-20(19)27-29)24-23(31)25-22(30)21-7-6-12-32-21/h6-14H,4-5H2,1-3H3,(H2,24,25,30,31). The van der Waals surface area contributed by atoms with Gasteiger partial charge in [0.1, 0.15) is 11.0 Å². The topological polar surface area (TPSA) is 75.1 Å². The first kappa shape index (κ1) is 21.9. The van der Waals surface area contributed by atoms with Crippen LogP contribution in [0.5, 0.6) is 0 Å². The zero-order valence-corrected chi connectivity index (χ0v) is 19.8. The quantitative estimate of drug-likeness (QED) is 0.401. The third kappa shape index (κ3) is 4.63. The van der Waals surface area contributed by atoms with Gasteiger partial charge in [0, 0.05) is 24.5 Å². The number of hydrogen-bond donors (Lipinski definition) is 2. The maximum Gasteiger partial charge on any atom is 0.267 e. The summed E-state index contributed by atoms with van der Waals surface area (Å²) in [6.45, 7) is 8.18. The molecule has 0 bridgehead atoms. The van der Waals surface area contributed by atoms with E-state index in [1.807, 2.05) is 42.6 Å². The number of aromatic nitrogens is 3. The lowest BCUT2D eigenvalue weighted by molar-refractivity contribution is 0.0981. The molecule has 0 saturated heterocycles. The van der Waals surface area contributed by atoms with Crippen LogP contribution in [-0.2, 0) is 0 Å². The Balaban J connectivity index is 1.53. The number of benzene rings is 2. The summed E-state index contributed by atoms with van der Waals surface area (Å²) in [5, 5.41) is 17.2. The van der Waals surface area contributed by atoms with Gasteiger partial charge < -0.3 is 10.2 Å². The summed E-state index contributed by atoms with van der Waals surface area (Å²) < 4.78 is 0. The molecule has 0 aliphatic rings. The summed E-state index contributed by atoms with van der Waals surface area (Å²) in [6.07, 6.45) is 0. The second-order valence-corrected chi connectivity index (χ2v) is 8.58. The number of rotatable bonds is 6. The van der Waals surface area contributed by atoms with Gasteiger partial charge >= 0.3 is 0 Å². The van der Waals surface area contributed by atoms with Gasteiger partial charge in [0.15, 0.2) is 5.11 Å². The van der Waals surface area contributed by atoms with Crippen LogP contribution in [-0.4, -0.2) is 39.1 Å². The van der Waals surface area contributed by atoms with E-state index >= 15 is 0 Å². The summed E-state index contributed by atoms with van der Waals surface area (Å²) in [6, 6.07) is 15.6. The summed E-state index contributed by atoms with van der Waals surface area (Å²) in [5.74, 6) is -0.227. The molecule has 4 rings (SSSR count). The number of thiocarbonyl (C=S) groups is 1. The van der Waals surface area contributed by atoms with Crippen molar-refractivity contribution in [2.24, 2.45) is 0 Å². The molecule has 2 aromatic heterocycles. The highest BCUT2D eigenvalue weighted by atomic mass is 32.1. The average molecular weight is 465 g/mol. The smallest absolute Gasteiger partial charge is 0.267 e. The minimum Gasteiger partial charge on any atom is -0.372 e. The van der Waals surface area contributed by atoms with E-state index in [9.17, 15) is 4.79 Å². The van der Waals surface area contributed by atoms with Crippen molar-refractivity contribution in [2.75, 3.05) is 23.3 Å². The molecular weight excluding hydrogens is 440 g/mol. The van der Waals surface area contributed by atoms with E-state index < -0.39 is 0 Å². The van der Waals surface area contributed by atoms with Gasteiger partial charge in [0.25, 0.3) is 5.91 Å². The van der Waals surface area contributed by atoms with E-state index in [-0.39, 0.29) is 11.0 Å². The molecule has 2 aromatic carbocycles. The van der Waals surface area contributed by atoms with Crippen molar-refractivity contribution >= 4 is 57.0 Å². The maximum atomic E-state index is 12.2. The van der Waals surface area contributed by atoms with Crippen LogP contribution in [0.4, 0.5) is 11.4 Å². The molecular formula is C23H24N6OS2. The fourth-order valence-electron chi connectivity index (χ4n) is 3.43. The summed E-state index contributed by atoms with van der Waals surface area (Å²) >= 11 is 6.69. The molecule has 0 unspecified atom stereocenters. The van der Waals surface area contributed by atoms with E-state index in [1.54, 1.807) is 10.9 Å². The van der Waals surface area contributed by atoms with Crippen molar-refractivity contribution in [1.82, 2.24) is 20.3 Å². The fourth-order valence-corrected chi connectivity index (χ4v) is 4.25. The number of thiophene rings is 1. The lowest BCUT2D eigenvalue weighted by Gasteiger charge is -2.20. The van der Waals surface area contributed by atoms with E-state index in [1.165, 1.54) is 17.0 Å². The molecule has 0 atom stereocenters. The van der Waals surface area contributed by atoms with E-state index in [2.05, 4.69) is 51.7 Å². The summed E-state index contributed by atoms with van der Waals surface area (Å²) in [7, 11) is 0. The number of carbonyl (C=O) groups excluding carboxylic acids is 1. The Labute approximate surface area is 196 Å². The number of anilines is 2. The Hall–Kier alpha value is -3.30. The van der Waals surface area contributed by atoms with E-state index in [0.717, 1.165) is 41.1 Å². The Morgan fingerprint density at radius 1 is 1.09 bits per heavy atom. The highest BCUT2D eigenvalue weighted by molar-refractivity contribution is 7.80. The number of nitrogens with zero attached hydrogens (tertiary/aromatic N) is 4. The highest BCUT2D eigenvalue weighted by Gasteiger charge is 2.12. The number of aryl methyl sites for hydroxylation is 1. The van der Waals surface area contributed by atoms with E-state index in [4.69, 9.17) is 12.2 Å². The molecule has 7 nitrogen and oxygen atoms in total. The molecule has 0 fully saturated rings. The van der Waals surface area contributed by atoms with Crippen molar-refractivity contribution in [3.63, 3.8) is 0 Å². The van der Waals surface area contributed by atoms with Gasteiger partial charge in [-0.1, -0.05) is 6.07 Å². The second kappa shape index (κ2) is 9.46. The van der Waals surface area contributed by atoms with Crippen LogP contribution in [0.15, 0.2) is 53.9 Å². The van der Waals surface area contributed by atoms with Crippen LogP contribution in [0.1, 0.15) is 29.1 Å². The number of hydrogen-bond acceptors (Lipinski definition) is 6. The molecule has 4 aromatic rings. The monoisotopic (exact) mass is 464 g/mol. The third-order valence-corrected chi connectivity index (χ3v) is 6.23. The largest absolute Gasteiger partial charge is 0.372 e. The van der Waals surface area contributed by atoms with Crippen molar-refractivity contribution in [2.45, 2.75) is 20.8 Å². The van der Waals surface area contributed by atoms with Crippen LogP contribution in [0.25, 0.3) is 16.7 Å². The molecule has 2 heterocycles. The summed E-state index contributed by atoms with van der Waals surface area (Å²) in [5.41, 5.74) is 5.32. The minimum absolute atomic E-state index is 0.227. The molecule has 164 valence electrons. The Morgan fingerprint density at radius 3 is 2.41 bits per heavy atom. The second-order valence-electron chi connectivity index (χ2n) is 7.22. The van der Waals surface area contributed by atoms with Crippen LogP contribution < -0.4 is 15.5 Å². The number of fused-ring (bicyclic) bond motifs is 1. The van der Waals surface area contributed by atoms with Gasteiger partial charge in [0.2, 0.25) is 0 Å².